The molecule has 0 spiro atoms. The predicted molar refractivity (Wildman–Crippen MR) is 70.8 cm³/mol. The van der Waals surface area contributed by atoms with E-state index in [9.17, 15) is 14.0 Å². The number of pyridine rings is 1. The van der Waals surface area contributed by atoms with Crippen molar-refractivity contribution in [2.45, 2.75) is 0 Å². The van der Waals surface area contributed by atoms with Gasteiger partial charge in [0.25, 0.3) is 11.5 Å². The summed E-state index contributed by atoms with van der Waals surface area (Å²) in [5, 5.41) is 11.0. The molecule has 0 bridgehead atoms. The molecular weight excluding hydrogens is 261 g/mol. The molecule has 1 N–H and O–H groups in total. The van der Waals surface area contributed by atoms with Crippen LogP contribution in [-0.4, -0.2) is 10.5 Å². The number of carbonyl (C=O) groups excluding carboxylic acids is 1. The molecule has 1 aromatic heterocycles. The topological polar surface area (TPSA) is 74.9 Å². The molecule has 0 fully saturated rings. The Hall–Kier alpha value is -2.94. The third kappa shape index (κ3) is 2.72. The summed E-state index contributed by atoms with van der Waals surface area (Å²) in [7, 11) is 1.56. The second-order valence-corrected chi connectivity index (χ2v) is 4.13. The summed E-state index contributed by atoms with van der Waals surface area (Å²) in [6, 6.07) is 8.13. The zero-order valence-corrected chi connectivity index (χ0v) is 10.6. The summed E-state index contributed by atoms with van der Waals surface area (Å²) < 4.78 is 14.9. The monoisotopic (exact) mass is 271 g/mol. The van der Waals surface area contributed by atoms with Crippen LogP contribution < -0.4 is 10.9 Å². The lowest BCUT2D eigenvalue weighted by Crippen LogP contribution is -2.20. The number of nitrogens with zero attached hydrogens (tertiary/aromatic N) is 2. The Kier molecular flexibility index (Phi) is 3.62. The van der Waals surface area contributed by atoms with E-state index < -0.39 is 11.7 Å². The van der Waals surface area contributed by atoms with Gasteiger partial charge < -0.3 is 9.88 Å². The molecule has 1 aromatic carbocycles. The number of anilines is 1. The molecule has 100 valence electrons. The van der Waals surface area contributed by atoms with Crippen LogP contribution in [0.3, 0.4) is 0 Å². The van der Waals surface area contributed by atoms with E-state index in [-0.39, 0.29) is 22.4 Å². The maximum Gasteiger partial charge on any atom is 0.255 e. The van der Waals surface area contributed by atoms with Crippen molar-refractivity contribution >= 4 is 11.6 Å². The number of carbonyl (C=O) groups is 1. The first-order valence-electron chi connectivity index (χ1n) is 5.69. The number of aromatic nitrogens is 1. The van der Waals surface area contributed by atoms with Crippen LogP contribution in [0.5, 0.6) is 0 Å². The summed E-state index contributed by atoms with van der Waals surface area (Å²) in [6.07, 6.45) is 1.45. The molecule has 2 aromatic rings. The highest BCUT2D eigenvalue weighted by Crippen LogP contribution is 2.16. The maximum atomic E-state index is 13.6. The molecule has 6 heteroatoms. The molecule has 0 unspecified atom stereocenters. The number of hydrogen-bond acceptors (Lipinski definition) is 3. The Morgan fingerprint density at radius 1 is 1.35 bits per heavy atom. The molecule has 1 amide bonds. The Morgan fingerprint density at radius 3 is 2.70 bits per heavy atom. The summed E-state index contributed by atoms with van der Waals surface area (Å²) in [5.74, 6) is -1.30. The first kappa shape index (κ1) is 13.5. The number of nitrogens with one attached hydrogen (secondary N) is 1. The van der Waals surface area contributed by atoms with E-state index in [0.717, 1.165) is 12.1 Å². The Bertz CT molecular complexity index is 775. The molecule has 0 atom stereocenters. The molecule has 0 radical (unpaired) electrons. The third-order valence-corrected chi connectivity index (χ3v) is 2.71. The molecule has 2 rings (SSSR count). The Labute approximate surface area is 113 Å². The van der Waals surface area contributed by atoms with E-state index >= 15 is 0 Å². The average Bonchev–Trinajstić information content (AvgIpc) is 2.43. The van der Waals surface area contributed by atoms with Crippen molar-refractivity contribution in [1.29, 1.82) is 5.26 Å². The Morgan fingerprint density at radius 2 is 2.10 bits per heavy atom. The minimum atomic E-state index is -0.707. The van der Waals surface area contributed by atoms with Crippen LogP contribution in [0, 0.1) is 17.1 Å². The summed E-state index contributed by atoms with van der Waals surface area (Å²) >= 11 is 0. The van der Waals surface area contributed by atoms with E-state index in [4.69, 9.17) is 5.26 Å². The number of hydrogen-bond donors (Lipinski definition) is 1. The molecule has 0 saturated heterocycles. The Balaban J connectivity index is 2.26. The van der Waals surface area contributed by atoms with Gasteiger partial charge in [-0.2, -0.15) is 5.26 Å². The third-order valence-electron chi connectivity index (χ3n) is 2.71. The van der Waals surface area contributed by atoms with Gasteiger partial charge in [0, 0.05) is 24.9 Å². The standard InChI is InChI=1S/C14H10FN3O2/c1-18-5-4-10(7-13(18)19)14(20)17-12-3-2-9(8-16)6-11(12)15/h2-7H,1H3,(H,17,20). The minimum absolute atomic E-state index is 0.0466. The van der Waals surface area contributed by atoms with Gasteiger partial charge in [0.05, 0.1) is 17.3 Å². The number of halogens is 1. The van der Waals surface area contributed by atoms with Crippen molar-refractivity contribution in [3.8, 4) is 6.07 Å². The molecule has 0 saturated carbocycles. The quantitative estimate of drug-likeness (QED) is 0.902. The van der Waals surface area contributed by atoms with Crippen molar-refractivity contribution in [3.05, 3.63) is 63.8 Å². The fourth-order valence-electron chi connectivity index (χ4n) is 1.57. The van der Waals surface area contributed by atoms with Crippen molar-refractivity contribution in [2.24, 2.45) is 7.05 Å². The van der Waals surface area contributed by atoms with Gasteiger partial charge >= 0.3 is 0 Å². The van der Waals surface area contributed by atoms with Gasteiger partial charge in [-0.3, -0.25) is 9.59 Å². The van der Waals surface area contributed by atoms with Crippen LogP contribution in [0.15, 0.2) is 41.3 Å². The van der Waals surface area contributed by atoms with Crippen molar-refractivity contribution in [1.82, 2.24) is 4.57 Å². The molecule has 0 aliphatic carbocycles. The smallest absolute Gasteiger partial charge is 0.255 e. The van der Waals surface area contributed by atoms with Crippen molar-refractivity contribution in [2.75, 3.05) is 5.32 Å². The lowest BCUT2D eigenvalue weighted by molar-refractivity contribution is 0.102. The number of nitriles is 1. The van der Waals surface area contributed by atoms with Gasteiger partial charge in [-0.1, -0.05) is 0 Å². The lowest BCUT2D eigenvalue weighted by atomic mass is 10.2. The fourth-order valence-corrected chi connectivity index (χ4v) is 1.57. The second kappa shape index (κ2) is 5.36. The van der Waals surface area contributed by atoms with E-state index in [2.05, 4.69) is 5.32 Å². The predicted octanol–water partition coefficient (Wildman–Crippen LogP) is 1.65. The van der Waals surface area contributed by atoms with Gasteiger partial charge in [0.2, 0.25) is 0 Å². The van der Waals surface area contributed by atoms with Gasteiger partial charge in [0.15, 0.2) is 0 Å². The number of benzene rings is 1. The first-order valence-corrected chi connectivity index (χ1v) is 5.69. The average molecular weight is 271 g/mol. The first-order chi connectivity index (χ1) is 9.51. The van der Waals surface area contributed by atoms with E-state index in [1.54, 1.807) is 13.1 Å². The van der Waals surface area contributed by atoms with Crippen LogP contribution in [0.4, 0.5) is 10.1 Å². The van der Waals surface area contributed by atoms with E-state index in [1.807, 2.05) is 0 Å². The largest absolute Gasteiger partial charge is 0.319 e. The minimum Gasteiger partial charge on any atom is -0.319 e. The zero-order valence-electron chi connectivity index (χ0n) is 10.6. The summed E-state index contributed by atoms with van der Waals surface area (Å²) in [4.78, 5) is 23.3. The highest BCUT2D eigenvalue weighted by molar-refractivity contribution is 6.04. The maximum absolute atomic E-state index is 13.6. The van der Waals surface area contributed by atoms with Crippen LogP contribution >= 0.6 is 0 Å². The number of aryl methyl sites for hydroxylation is 1. The molecular formula is C14H10FN3O2. The molecule has 0 aliphatic heterocycles. The summed E-state index contributed by atoms with van der Waals surface area (Å²) in [6.45, 7) is 0. The van der Waals surface area contributed by atoms with Crippen molar-refractivity contribution < 1.29 is 9.18 Å². The SMILES string of the molecule is Cn1ccc(C(=O)Nc2ccc(C#N)cc2F)cc1=O. The number of amides is 1. The van der Waals surface area contributed by atoms with Gasteiger partial charge in [-0.05, 0) is 24.3 Å². The molecule has 0 aliphatic rings. The van der Waals surface area contributed by atoms with Crippen molar-refractivity contribution in [3.63, 3.8) is 0 Å². The number of rotatable bonds is 2. The highest BCUT2D eigenvalue weighted by atomic mass is 19.1. The normalized spacial score (nSPS) is 9.85. The van der Waals surface area contributed by atoms with Gasteiger partial charge in [-0.15, -0.1) is 0 Å². The van der Waals surface area contributed by atoms with Gasteiger partial charge in [-0.25, -0.2) is 4.39 Å². The molecule has 20 heavy (non-hydrogen) atoms. The van der Waals surface area contributed by atoms with E-state index in [0.29, 0.717) is 0 Å². The molecule has 1 heterocycles. The van der Waals surface area contributed by atoms with Crippen LogP contribution in [0.25, 0.3) is 0 Å². The highest BCUT2D eigenvalue weighted by Gasteiger charge is 2.10. The van der Waals surface area contributed by atoms with Crippen LogP contribution in [0.1, 0.15) is 15.9 Å². The lowest BCUT2D eigenvalue weighted by Gasteiger charge is -2.07. The van der Waals surface area contributed by atoms with Crippen LogP contribution in [-0.2, 0) is 7.05 Å². The van der Waals surface area contributed by atoms with Crippen LogP contribution in [0.2, 0.25) is 0 Å². The van der Waals surface area contributed by atoms with Gasteiger partial charge in [0.1, 0.15) is 5.82 Å². The fraction of sp³-hybridized carbons (Fsp3) is 0.0714. The molecule has 5 nitrogen and oxygen atoms in total. The summed E-state index contributed by atoms with van der Waals surface area (Å²) in [5.41, 5.74) is -0.0847. The van der Waals surface area contributed by atoms with E-state index in [1.165, 1.54) is 29.0 Å². The zero-order chi connectivity index (χ0) is 14.7. The second-order valence-electron chi connectivity index (χ2n) is 4.13.